The van der Waals surface area contributed by atoms with Crippen molar-refractivity contribution < 1.29 is 28.6 Å². The zero-order chi connectivity index (χ0) is 25.0. The molecule has 1 aliphatic carbocycles. The first-order valence-corrected chi connectivity index (χ1v) is 12.6. The summed E-state index contributed by atoms with van der Waals surface area (Å²) in [4.78, 5) is 39.6. The summed E-state index contributed by atoms with van der Waals surface area (Å²) in [6, 6.07) is 11.1. The van der Waals surface area contributed by atoms with Gasteiger partial charge in [-0.25, -0.2) is 9.59 Å². The monoisotopic (exact) mass is 541 g/mol. The van der Waals surface area contributed by atoms with Crippen molar-refractivity contribution in [3.05, 3.63) is 57.6 Å². The summed E-state index contributed by atoms with van der Waals surface area (Å²) in [5, 5.41) is 0. The molecule has 184 valence electrons. The number of amides is 1. The predicted octanol–water partition coefficient (Wildman–Crippen LogP) is 4.87. The lowest BCUT2D eigenvalue weighted by Crippen LogP contribution is -2.46. The molecule has 1 spiro atoms. The van der Waals surface area contributed by atoms with Crippen LogP contribution in [0.25, 0.3) is 11.1 Å². The third-order valence-electron chi connectivity index (χ3n) is 6.84. The number of nitrogens with zero attached hydrogens (tertiary/aromatic N) is 1. The summed E-state index contributed by atoms with van der Waals surface area (Å²) in [6.45, 7) is 6.52. The van der Waals surface area contributed by atoms with Crippen molar-refractivity contribution in [2.75, 3.05) is 26.4 Å². The second kappa shape index (κ2) is 8.75. The number of hydrogen-bond donors (Lipinski definition) is 0. The maximum absolute atomic E-state index is 13.0. The third kappa shape index (κ3) is 4.27. The molecule has 1 unspecified atom stereocenters. The van der Waals surface area contributed by atoms with Gasteiger partial charge < -0.3 is 14.2 Å². The highest BCUT2D eigenvalue weighted by atomic mass is 79.9. The second-order valence-electron chi connectivity index (χ2n) is 10.4. The minimum atomic E-state index is -0.735. The molecule has 2 heterocycles. The molecule has 5 rings (SSSR count). The molecule has 1 atom stereocenters. The average molecular weight is 542 g/mol. The van der Waals surface area contributed by atoms with E-state index in [1.54, 1.807) is 26.8 Å². The molecule has 3 aliphatic rings. The van der Waals surface area contributed by atoms with Crippen LogP contribution in [0.4, 0.5) is 4.79 Å². The third-order valence-corrected chi connectivity index (χ3v) is 7.33. The molecule has 2 aliphatic heterocycles. The standard InChI is InChI=1S/C27H28BrNO6/c1-26(2,3)35-25(32)29-10-4-5-22(29)24(31)34-13-23(30)16-6-8-18-19-9-7-17(28)12-21(19)27(14-33-15-27)20(18)11-16/h6-9,11-12,22H,4-5,10,13-15H2,1-3H3. The Morgan fingerprint density at radius 1 is 1.09 bits per heavy atom. The van der Waals surface area contributed by atoms with Gasteiger partial charge in [0.2, 0.25) is 0 Å². The van der Waals surface area contributed by atoms with Gasteiger partial charge in [-0.1, -0.05) is 34.1 Å². The first kappa shape index (κ1) is 24.0. The number of carbonyl (C=O) groups is 3. The predicted molar refractivity (Wildman–Crippen MR) is 132 cm³/mol. The number of hydrogen-bond acceptors (Lipinski definition) is 6. The van der Waals surface area contributed by atoms with E-state index in [2.05, 4.69) is 28.1 Å². The number of ether oxygens (including phenoxy) is 3. The van der Waals surface area contributed by atoms with Gasteiger partial charge in [-0.15, -0.1) is 0 Å². The molecular weight excluding hydrogens is 514 g/mol. The van der Waals surface area contributed by atoms with E-state index in [4.69, 9.17) is 14.2 Å². The Bertz CT molecular complexity index is 1210. The van der Waals surface area contributed by atoms with Crippen molar-refractivity contribution in [2.24, 2.45) is 0 Å². The van der Waals surface area contributed by atoms with Crippen molar-refractivity contribution in [3.63, 3.8) is 0 Å². The minimum Gasteiger partial charge on any atom is -0.456 e. The number of ketones is 1. The fourth-order valence-electron chi connectivity index (χ4n) is 5.13. The Kier molecular flexibility index (Phi) is 6.00. The molecule has 0 saturated carbocycles. The Hall–Kier alpha value is -2.71. The smallest absolute Gasteiger partial charge is 0.411 e. The highest BCUT2D eigenvalue weighted by molar-refractivity contribution is 9.10. The Morgan fingerprint density at radius 3 is 2.43 bits per heavy atom. The molecule has 2 saturated heterocycles. The second-order valence-corrected chi connectivity index (χ2v) is 11.3. The highest BCUT2D eigenvalue weighted by Gasteiger charge is 2.49. The van der Waals surface area contributed by atoms with Crippen LogP contribution in [-0.4, -0.2) is 60.8 Å². The molecule has 35 heavy (non-hydrogen) atoms. The summed E-state index contributed by atoms with van der Waals surface area (Å²) < 4.78 is 17.4. The summed E-state index contributed by atoms with van der Waals surface area (Å²) in [6.07, 6.45) is 0.626. The van der Waals surface area contributed by atoms with Crippen molar-refractivity contribution in [2.45, 2.75) is 50.7 Å². The SMILES string of the molecule is CC(C)(C)OC(=O)N1CCCC1C(=O)OCC(=O)c1ccc2c(c1)C1(COC1)c1cc(Br)ccc1-2. The first-order valence-electron chi connectivity index (χ1n) is 11.8. The van der Waals surface area contributed by atoms with Crippen LogP contribution in [0.15, 0.2) is 40.9 Å². The van der Waals surface area contributed by atoms with Gasteiger partial charge in [-0.3, -0.25) is 9.69 Å². The summed E-state index contributed by atoms with van der Waals surface area (Å²) >= 11 is 3.57. The highest BCUT2D eigenvalue weighted by Crippen LogP contribution is 2.53. The van der Waals surface area contributed by atoms with Crippen LogP contribution in [0.5, 0.6) is 0 Å². The van der Waals surface area contributed by atoms with E-state index < -0.39 is 23.7 Å². The van der Waals surface area contributed by atoms with E-state index in [9.17, 15) is 14.4 Å². The zero-order valence-corrected chi connectivity index (χ0v) is 21.6. The van der Waals surface area contributed by atoms with Gasteiger partial charge in [0, 0.05) is 16.6 Å². The van der Waals surface area contributed by atoms with E-state index in [1.165, 1.54) is 10.5 Å². The number of likely N-dealkylation sites (tertiary alicyclic amines) is 1. The van der Waals surface area contributed by atoms with E-state index in [1.807, 2.05) is 18.2 Å². The van der Waals surface area contributed by atoms with Crippen LogP contribution in [-0.2, 0) is 24.4 Å². The van der Waals surface area contributed by atoms with Crippen LogP contribution < -0.4 is 0 Å². The van der Waals surface area contributed by atoms with E-state index in [-0.39, 0.29) is 17.8 Å². The molecule has 2 fully saturated rings. The largest absolute Gasteiger partial charge is 0.456 e. The average Bonchev–Trinajstić information content (AvgIpc) is 3.36. The summed E-state index contributed by atoms with van der Waals surface area (Å²) in [7, 11) is 0. The number of benzene rings is 2. The van der Waals surface area contributed by atoms with Gasteiger partial charge in [-0.05, 0) is 74.1 Å². The van der Waals surface area contributed by atoms with Gasteiger partial charge in [0.15, 0.2) is 12.4 Å². The molecule has 0 aromatic heterocycles. The summed E-state index contributed by atoms with van der Waals surface area (Å²) in [5.41, 5.74) is 4.11. The lowest BCUT2D eigenvalue weighted by molar-refractivity contribution is -0.147. The number of Topliss-reactive ketones (excluding diaryl/α,β-unsaturated/α-hetero) is 1. The fourth-order valence-corrected chi connectivity index (χ4v) is 5.49. The van der Waals surface area contributed by atoms with Crippen LogP contribution in [0.2, 0.25) is 0 Å². The van der Waals surface area contributed by atoms with Crippen LogP contribution >= 0.6 is 15.9 Å². The maximum atomic E-state index is 13.0. The molecule has 1 amide bonds. The quantitative estimate of drug-likeness (QED) is 0.405. The fraction of sp³-hybridized carbons (Fsp3) is 0.444. The number of esters is 1. The van der Waals surface area contributed by atoms with E-state index in [0.717, 1.165) is 21.2 Å². The number of carbonyl (C=O) groups excluding carboxylic acids is 3. The van der Waals surface area contributed by atoms with Crippen molar-refractivity contribution in [1.82, 2.24) is 4.90 Å². The van der Waals surface area contributed by atoms with Crippen LogP contribution in [0.1, 0.15) is 55.1 Å². The molecule has 0 radical (unpaired) electrons. The molecule has 0 bridgehead atoms. The lowest BCUT2D eigenvalue weighted by atomic mass is 9.76. The normalized spacial score (nSPS) is 19.7. The molecule has 7 nitrogen and oxygen atoms in total. The van der Waals surface area contributed by atoms with Gasteiger partial charge in [0.05, 0.1) is 18.6 Å². The molecule has 2 aromatic rings. The van der Waals surface area contributed by atoms with Gasteiger partial charge in [0.25, 0.3) is 0 Å². The maximum Gasteiger partial charge on any atom is 0.411 e. The van der Waals surface area contributed by atoms with Crippen molar-refractivity contribution in [3.8, 4) is 11.1 Å². The van der Waals surface area contributed by atoms with E-state index in [0.29, 0.717) is 38.2 Å². The number of halogens is 1. The Labute approximate surface area is 212 Å². The van der Waals surface area contributed by atoms with Gasteiger partial charge >= 0.3 is 12.1 Å². The first-order chi connectivity index (χ1) is 16.6. The molecule has 8 heteroatoms. The van der Waals surface area contributed by atoms with Crippen LogP contribution in [0.3, 0.4) is 0 Å². The van der Waals surface area contributed by atoms with Gasteiger partial charge in [-0.2, -0.15) is 0 Å². The molecular formula is C27H28BrNO6. The molecule has 0 N–H and O–H groups in total. The van der Waals surface area contributed by atoms with Gasteiger partial charge in [0.1, 0.15) is 11.6 Å². The number of rotatable bonds is 4. The lowest BCUT2D eigenvalue weighted by Gasteiger charge is -2.40. The molecule has 2 aromatic carbocycles. The summed E-state index contributed by atoms with van der Waals surface area (Å²) in [5.74, 6) is -0.862. The van der Waals surface area contributed by atoms with Crippen molar-refractivity contribution in [1.29, 1.82) is 0 Å². The Morgan fingerprint density at radius 2 is 1.77 bits per heavy atom. The topological polar surface area (TPSA) is 82.1 Å². The minimum absolute atomic E-state index is 0.251. The Balaban J connectivity index is 1.28. The van der Waals surface area contributed by atoms with Crippen LogP contribution in [0, 0.1) is 0 Å². The zero-order valence-electron chi connectivity index (χ0n) is 20.1. The van der Waals surface area contributed by atoms with E-state index >= 15 is 0 Å². The van der Waals surface area contributed by atoms with Crippen molar-refractivity contribution >= 4 is 33.8 Å². The number of fused-ring (bicyclic) bond motifs is 5.